The van der Waals surface area contributed by atoms with Crippen LogP contribution in [0.25, 0.3) is 6.08 Å². The second-order valence-corrected chi connectivity index (χ2v) is 4.13. The summed E-state index contributed by atoms with van der Waals surface area (Å²) in [5, 5.41) is 0. The Morgan fingerprint density at radius 3 is 2.60 bits per heavy atom. The molecule has 102 valence electrons. The van der Waals surface area contributed by atoms with Crippen LogP contribution in [0.15, 0.2) is 48.7 Å². The molecule has 20 heavy (non-hydrogen) atoms. The summed E-state index contributed by atoms with van der Waals surface area (Å²) in [4.78, 5) is 30.5. The molecule has 2 aromatic rings. The minimum atomic E-state index is -0.647. The molecule has 0 saturated heterocycles. The van der Waals surface area contributed by atoms with E-state index in [0.717, 1.165) is 11.1 Å². The fraction of sp³-hybridized carbons (Fsp3) is 0.0667. The van der Waals surface area contributed by atoms with Crippen LogP contribution in [-0.2, 0) is 9.63 Å². The van der Waals surface area contributed by atoms with Gasteiger partial charge in [0.05, 0.1) is 0 Å². The van der Waals surface area contributed by atoms with Crippen LogP contribution < -0.4 is 5.48 Å². The molecule has 2 rings (SSSR count). The van der Waals surface area contributed by atoms with Crippen LogP contribution in [0.5, 0.6) is 0 Å². The Morgan fingerprint density at radius 1 is 1.20 bits per heavy atom. The summed E-state index contributed by atoms with van der Waals surface area (Å²) in [7, 11) is 0. The van der Waals surface area contributed by atoms with E-state index < -0.39 is 11.9 Å². The fourth-order valence-corrected chi connectivity index (χ4v) is 1.60. The quantitative estimate of drug-likeness (QED) is 0.663. The minimum Gasteiger partial charge on any atom is -0.357 e. The molecule has 1 aromatic carbocycles. The van der Waals surface area contributed by atoms with E-state index in [2.05, 4.69) is 15.3 Å². The van der Waals surface area contributed by atoms with Crippen molar-refractivity contribution in [3.05, 3.63) is 65.5 Å². The van der Waals surface area contributed by atoms with Crippen LogP contribution in [0.4, 0.5) is 0 Å². The lowest BCUT2D eigenvalue weighted by Gasteiger charge is -2.03. The first kappa shape index (κ1) is 13.6. The number of nitrogens with one attached hydrogen (secondary N) is 2. The highest BCUT2D eigenvalue weighted by atomic mass is 16.7. The van der Waals surface area contributed by atoms with Crippen molar-refractivity contribution in [2.24, 2.45) is 0 Å². The predicted octanol–water partition coefficient (Wildman–Crippen LogP) is 2.22. The number of benzene rings is 1. The predicted molar refractivity (Wildman–Crippen MR) is 74.6 cm³/mol. The zero-order chi connectivity index (χ0) is 14.4. The maximum Gasteiger partial charge on any atom is 0.355 e. The molecule has 0 bridgehead atoms. The lowest BCUT2D eigenvalue weighted by molar-refractivity contribution is -0.142. The standard InChI is InChI=1S/C15H14N2O3/c1-11-9-10-16-14(11)15(19)17-20-13(18)8-7-12-5-3-2-4-6-12/h2-10,16H,1H3,(H,17,19)/b8-7+. The largest absolute Gasteiger partial charge is 0.357 e. The highest BCUT2D eigenvalue weighted by molar-refractivity contribution is 5.95. The van der Waals surface area contributed by atoms with Gasteiger partial charge in [0.2, 0.25) is 0 Å². The Kier molecular flexibility index (Phi) is 4.34. The topological polar surface area (TPSA) is 71.2 Å². The number of amides is 1. The van der Waals surface area contributed by atoms with Crippen LogP contribution in [0.2, 0.25) is 0 Å². The maximum atomic E-state index is 11.7. The molecule has 0 atom stereocenters. The molecule has 0 aliphatic carbocycles. The molecule has 1 heterocycles. The molecule has 0 spiro atoms. The average molecular weight is 270 g/mol. The highest BCUT2D eigenvalue weighted by Gasteiger charge is 2.10. The third-order valence-electron chi connectivity index (χ3n) is 2.64. The summed E-state index contributed by atoms with van der Waals surface area (Å²) in [6.07, 6.45) is 4.49. The summed E-state index contributed by atoms with van der Waals surface area (Å²) in [6, 6.07) is 11.1. The van der Waals surface area contributed by atoms with E-state index in [9.17, 15) is 9.59 Å². The number of aromatic amines is 1. The van der Waals surface area contributed by atoms with Gasteiger partial charge in [-0.25, -0.2) is 4.79 Å². The van der Waals surface area contributed by atoms with Crippen LogP contribution in [0.3, 0.4) is 0 Å². The van der Waals surface area contributed by atoms with Crippen molar-refractivity contribution in [2.45, 2.75) is 6.92 Å². The van der Waals surface area contributed by atoms with Gasteiger partial charge in [-0.1, -0.05) is 30.3 Å². The number of hydrogen-bond acceptors (Lipinski definition) is 3. The molecule has 5 nitrogen and oxygen atoms in total. The van der Waals surface area contributed by atoms with Gasteiger partial charge in [0.25, 0.3) is 0 Å². The number of carbonyl (C=O) groups is 2. The second-order valence-electron chi connectivity index (χ2n) is 4.13. The van der Waals surface area contributed by atoms with Gasteiger partial charge in [-0.05, 0) is 30.2 Å². The van der Waals surface area contributed by atoms with Crippen molar-refractivity contribution in [1.29, 1.82) is 0 Å². The van der Waals surface area contributed by atoms with Crippen molar-refractivity contribution in [3.63, 3.8) is 0 Å². The highest BCUT2D eigenvalue weighted by Crippen LogP contribution is 2.04. The summed E-state index contributed by atoms with van der Waals surface area (Å²) in [5.41, 5.74) is 4.10. The smallest absolute Gasteiger partial charge is 0.355 e. The molecule has 0 saturated carbocycles. The van der Waals surface area contributed by atoms with Gasteiger partial charge in [-0.3, -0.25) is 4.79 Å². The van der Waals surface area contributed by atoms with Gasteiger partial charge in [-0.2, -0.15) is 5.48 Å². The van der Waals surface area contributed by atoms with Crippen LogP contribution >= 0.6 is 0 Å². The molecule has 2 N–H and O–H groups in total. The molecule has 1 aromatic heterocycles. The van der Waals surface area contributed by atoms with E-state index in [4.69, 9.17) is 0 Å². The third kappa shape index (κ3) is 3.58. The Labute approximate surface area is 116 Å². The number of hydrogen-bond donors (Lipinski definition) is 2. The molecule has 0 aliphatic rings. The first-order valence-electron chi connectivity index (χ1n) is 6.05. The minimum absolute atomic E-state index is 0.366. The van der Waals surface area contributed by atoms with Gasteiger partial charge in [0.1, 0.15) is 5.69 Å². The number of aryl methyl sites for hydroxylation is 1. The SMILES string of the molecule is Cc1cc[nH]c1C(=O)NOC(=O)/C=C/c1ccccc1. The van der Waals surface area contributed by atoms with E-state index in [1.807, 2.05) is 30.3 Å². The lowest BCUT2D eigenvalue weighted by atomic mass is 10.2. The summed E-state index contributed by atoms with van der Waals surface area (Å²) in [5.74, 6) is -1.14. The number of rotatable bonds is 3. The van der Waals surface area contributed by atoms with Crippen LogP contribution in [-0.4, -0.2) is 16.9 Å². The first-order chi connectivity index (χ1) is 9.66. The third-order valence-corrected chi connectivity index (χ3v) is 2.64. The molecule has 0 aliphatic heterocycles. The first-order valence-corrected chi connectivity index (χ1v) is 6.05. The average Bonchev–Trinajstić information content (AvgIpc) is 2.90. The van der Waals surface area contributed by atoms with Crippen molar-refractivity contribution >= 4 is 18.0 Å². The Morgan fingerprint density at radius 2 is 1.95 bits per heavy atom. The van der Waals surface area contributed by atoms with Crippen molar-refractivity contribution in [1.82, 2.24) is 10.5 Å². The Balaban J connectivity index is 1.85. The lowest BCUT2D eigenvalue weighted by Crippen LogP contribution is -2.27. The van der Waals surface area contributed by atoms with Gasteiger partial charge >= 0.3 is 11.9 Å². The maximum absolute atomic E-state index is 11.7. The van der Waals surface area contributed by atoms with E-state index in [0.29, 0.717) is 5.69 Å². The monoisotopic (exact) mass is 270 g/mol. The van der Waals surface area contributed by atoms with Gasteiger partial charge < -0.3 is 9.82 Å². The number of hydroxylamine groups is 1. The number of carbonyl (C=O) groups excluding carboxylic acids is 2. The van der Waals surface area contributed by atoms with Gasteiger partial charge in [0, 0.05) is 12.3 Å². The Hall–Kier alpha value is -2.82. The van der Waals surface area contributed by atoms with Crippen LogP contribution in [0, 0.1) is 6.92 Å². The number of H-pyrrole nitrogens is 1. The zero-order valence-electron chi connectivity index (χ0n) is 10.9. The van der Waals surface area contributed by atoms with E-state index in [1.54, 1.807) is 25.3 Å². The van der Waals surface area contributed by atoms with Crippen molar-refractivity contribution < 1.29 is 14.4 Å². The van der Waals surface area contributed by atoms with E-state index in [1.165, 1.54) is 6.08 Å². The molecular formula is C15H14N2O3. The molecule has 1 amide bonds. The number of aromatic nitrogens is 1. The molecule has 0 radical (unpaired) electrons. The van der Waals surface area contributed by atoms with Crippen LogP contribution in [0.1, 0.15) is 21.6 Å². The van der Waals surface area contributed by atoms with E-state index in [-0.39, 0.29) is 0 Å². The molecular weight excluding hydrogens is 256 g/mol. The second kappa shape index (κ2) is 6.38. The van der Waals surface area contributed by atoms with Crippen molar-refractivity contribution in [2.75, 3.05) is 0 Å². The van der Waals surface area contributed by atoms with Crippen molar-refractivity contribution in [3.8, 4) is 0 Å². The molecule has 0 unspecified atom stereocenters. The summed E-state index contributed by atoms with van der Waals surface area (Å²) >= 11 is 0. The summed E-state index contributed by atoms with van der Waals surface area (Å²) < 4.78 is 0. The zero-order valence-corrected chi connectivity index (χ0v) is 10.9. The van der Waals surface area contributed by atoms with Gasteiger partial charge in [0.15, 0.2) is 0 Å². The molecule has 5 heteroatoms. The Bertz CT molecular complexity index is 630. The fourth-order valence-electron chi connectivity index (χ4n) is 1.60. The molecule has 0 fully saturated rings. The van der Waals surface area contributed by atoms with Gasteiger partial charge in [-0.15, -0.1) is 0 Å². The summed E-state index contributed by atoms with van der Waals surface area (Å²) in [6.45, 7) is 1.78. The normalized spacial score (nSPS) is 10.4. The van der Waals surface area contributed by atoms with E-state index >= 15 is 0 Å².